The van der Waals surface area contributed by atoms with Crippen LogP contribution < -0.4 is 0 Å². The number of hydrogen-bond acceptors (Lipinski definition) is 1. The Morgan fingerprint density at radius 3 is 1.64 bits per heavy atom. The number of benzene rings is 6. The molecule has 0 saturated heterocycles. The Bertz CT molecular complexity index is 2270. The van der Waals surface area contributed by atoms with Gasteiger partial charge in [0.15, 0.2) is 0 Å². The Hall–Kier alpha value is -5.99. The van der Waals surface area contributed by atoms with Crippen LogP contribution in [0, 0.1) is 0 Å². The highest BCUT2D eigenvalue weighted by molar-refractivity contribution is 6.21. The molecule has 0 spiro atoms. The lowest BCUT2D eigenvalue weighted by Crippen LogP contribution is -2.00. The smallest absolute Gasteiger partial charge is 0.145 e. The molecule has 214 valence electrons. The molecule has 1 aromatic heterocycles. The summed E-state index contributed by atoms with van der Waals surface area (Å²) in [4.78, 5) is 4.94. The Morgan fingerprint density at radius 2 is 1.09 bits per heavy atom. The van der Waals surface area contributed by atoms with Gasteiger partial charge in [-0.15, -0.1) is 0 Å². The van der Waals surface area contributed by atoms with Gasteiger partial charge in [-0.1, -0.05) is 142 Å². The molecule has 0 aliphatic rings. The molecule has 2 heteroatoms. The van der Waals surface area contributed by atoms with Gasteiger partial charge in [0.05, 0.1) is 11.4 Å². The largest absolute Gasteiger partial charge is 0.292 e. The maximum Gasteiger partial charge on any atom is 0.145 e. The SMILES string of the molecule is C=C/C=C(\C=C)n1c(-c2ccc(-c3c4ccccc4c(-c4ccc5ccccc5c4)c4ccccc34)cc2)nc(C=C)c1C=C. The molecule has 0 aliphatic carbocycles. The summed E-state index contributed by atoms with van der Waals surface area (Å²) in [5.41, 5.74) is 8.31. The quantitative estimate of drug-likeness (QED) is 0.130. The minimum Gasteiger partial charge on any atom is -0.292 e. The van der Waals surface area contributed by atoms with Crippen LogP contribution in [0.3, 0.4) is 0 Å². The molecule has 0 aliphatic heterocycles. The molecule has 0 saturated carbocycles. The molecule has 45 heavy (non-hydrogen) atoms. The second-order valence-corrected chi connectivity index (χ2v) is 11.0. The summed E-state index contributed by atoms with van der Waals surface area (Å²) in [5, 5.41) is 7.39. The molecule has 7 rings (SSSR count). The third kappa shape index (κ3) is 4.64. The summed E-state index contributed by atoms with van der Waals surface area (Å²) >= 11 is 0. The van der Waals surface area contributed by atoms with E-state index in [0.717, 1.165) is 34.0 Å². The van der Waals surface area contributed by atoms with Gasteiger partial charge in [0.1, 0.15) is 5.82 Å². The van der Waals surface area contributed by atoms with Crippen molar-refractivity contribution >= 4 is 50.2 Å². The van der Waals surface area contributed by atoms with Crippen LogP contribution in [0.15, 0.2) is 160 Å². The lowest BCUT2D eigenvalue weighted by Gasteiger charge is -2.18. The van der Waals surface area contributed by atoms with Gasteiger partial charge < -0.3 is 0 Å². The summed E-state index contributed by atoms with van der Waals surface area (Å²) in [5.74, 6) is 0.792. The summed E-state index contributed by atoms with van der Waals surface area (Å²) in [6.07, 6.45) is 9.04. The number of rotatable bonds is 8. The first-order valence-corrected chi connectivity index (χ1v) is 15.0. The fourth-order valence-corrected chi connectivity index (χ4v) is 6.49. The van der Waals surface area contributed by atoms with E-state index in [-0.39, 0.29) is 0 Å². The van der Waals surface area contributed by atoms with Gasteiger partial charge in [0.2, 0.25) is 0 Å². The fraction of sp³-hybridized carbons (Fsp3) is 0. The lowest BCUT2D eigenvalue weighted by molar-refractivity contribution is 1.10. The van der Waals surface area contributed by atoms with Crippen molar-refractivity contribution in [2.75, 3.05) is 0 Å². The van der Waals surface area contributed by atoms with Crippen LogP contribution in [0.1, 0.15) is 11.4 Å². The topological polar surface area (TPSA) is 17.8 Å². The van der Waals surface area contributed by atoms with E-state index >= 15 is 0 Å². The van der Waals surface area contributed by atoms with Crippen molar-refractivity contribution in [3.63, 3.8) is 0 Å². The zero-order valence-electron chi connectivity index (χ0n) is 25.1. The van der Waals surface area contributed by atoms with Gasteiger partial charge in [-0.25, -0.2) is 4.98 Å². The van der Waals surface area contributed by atoms with Crippen LogP contribution in [0.4, 0.5) is 0 Å². The number of allylic oxidation sites excluding steroid dienone is 4. The minimum atomic E-state index is 0.766. The molecule has 0 amide bonds. The molecule has 0 atom stereocenters. The molecule has 0 N–H and O–H groups in total. The first-order chi connectivity index (χ1) is 22.2. The van der Waals surface area contributed by atoms with Gasteiger partial charge in [-0.2, -0.15) is 0 Å². The van der Waals surface area contributed by atoms with E-state index in [1.165, 1.54) is 49.0 Å². The Morgan fingerprint density at radius 1 is 0.556 bits per heavy atom. The van der Waals surface area contributed by atoms with E-state index in [0.29, 0.717) is 0 Å². The van der Waals surface area contributed by atoms with Crippen LogP contribution in [0.25, 0.3) is 83.8 Å². The van der Waals surface area contributed by atoms with Crippen molar-refractivity contribution in [1.29, 1.82) is 0 Å². The molecule has 0 radical (unpaired) electrons. The van der Waals surface area contributed by atoms with Crippen LogP contribution in [-0.4, -0.2) is 9.55 Å². The molecule has 0 fully saturated rings. The Balaban J connectivity index is 1.44. The van der Waals surface area contributed by atoms with Crippen LogP contribution >= 0.6 is 0 Å². The predicted molar refractivity (Wildman–Crippen MR) is 196 cm³/mol. The van der Waals surface area contributed by atoms with Crippen LogP contribution in [-0.2, 0) is 0 Å². The molecule has 7 aromatic rings. The molecule has 2 nitrogen and oxygen atoms in total. The number of nitrogens with zero attached hydrogens (tertiary/aromatic N) is 2. The monoisotopic (exact) mass is 576 g/mol. The zero-order valence-corrected chi connectivity index (χ0v) is 25.1. The number of aromatic nitrogens is 2. The van der Waals surface area contributed by atoms with E-state index in [1.54, 1.807) is 24.3 Å². The maximum absolute atomic E-state index is 4.94. The van der Waals surface area contributed by atoms with Gasteiger partial charge in [0.25, 0.3) is 0 Å². The molecular formula is C43H32N2. The van der Waals surface area contributed by atoms with Gasteiger partial charge >= 0.3 is 0 Å². The summed E-state index contributed by atoms with van der Waals surface area (Å²) in [6, 6.07) is 41.5. The van der Waals surface area contributed by atoms with E-state index in [4.69, 9.17) is 4.98 Å². The van der Waals surface area contributed by atoms with E-state index in [1.807, 2.05) is 6.08 Å². The summed E-state index contributed by atoms with van der Waals surface area (Å²) in [7, 11) is 0. The third-order valence-corrected chi connectivity index (χ3v) is 8.49. The van der Waals surface area contributed by atoms with Gasteiger partial charge in [0, 0.05) is 11.3 Å². The van der Waals surface area contributed by atoms with Crippen molar-refractivity contribution in [1.82, 2.24) is 9.55 Å². The minimum absolute atomic E-state index is 0.766. The first kappa shape index (κ1) is 27.8. The predicted octanol–water partition coefficient (Wildman–Crippen LogP) is 11.8. The average molecular weight is 577 g/mol. The molecule has 0 unspecified atom stereocenters. The number of fused-ring (bicyclic) bond motifs is 3. The zero-order chi connectivity index (χ0) is 30.9. The van der Waals surface area contributed by atoms with Crippen molar-refractivity contribution in [2.24, 2.45) is 0 Å². The average Bonchev–Trinajstić information content (AvgIpc) is 3.48. The second kappa shape index (κ2) is 11.6. The Kier molecular flexibility index (Phi) is 7.17. The first-order valence-electron chi connectivity index (χ1n) is 15.0. The molecule has 6 aromatic carbocycles. The molecule has 0 bridgehead atoms. The van der Waals surface area contributed by atoms with E-state index < -0.39 is 0 Å². The van der Waals surface area contributed by atoms with E-state index in [2.05, 4.69) is 146 Å². The molecule has 1 heterocycles. The van der Waals surface area contributed by atoms with Gasteiger partial charge in [-0.3, -0.25) is 4.57 Å². The number of imidazole rings is 1. The Labute approximate surface area is 263 Å². The van der Waals surface area contributed by atoms with Crippen molar-refractivity contribution < 1.29 is 0 Å². The van der Waals surface area contributed by atoms with Crippen LogP contribution in [0.5, 0.6) is 0 Å². The normalized spacial score (nSPS) is 11.6. The van der Waals surface area contributed by atoms with E-state index in [9.17, 15) is 0 Å². The van der Waals surface area contributed by atoms with Crippen molar-refractivity contribution in [3.8, 4) is 33.6 Å². The van der Waals surface area contributed by atoms with Gasteiger partial charge in [-0.05, 0) is 84.9 Å². The highest BCUT2D eigenvalue weighted by Gasteiger charge is 2.19. The third-order valence-electron chi connectivity index (χ3n) is 8.49. The fourth-order valence-electron chi connectivity index (χ4n) is 6.49. The second-order valence-electron chi connectivity index (χ2n) is 11.0. The summed E-state index contributed by atoms with van der Waals surface area (Å²) in [6.45, 7) is 15.9. The highest BCUT2D eigenvalue weighted by Crippen LogP contribution is 2.44. The standard InChI is InChI=1S/C43H32N2/c1-5-15-34(6-2)45-40(8-4)39(7-3)44-43(45)31-25-23-30(24-26-31)41-35-18-11-13-20-37(35)42(38-21-14-12-19-36(38)41)33-27-22-29-16-9-10-17-32(29)28-33/h5-28H,1-4H2/b34-15+. The maximum atomic E-state index is 4.94. The van der Waals surface area contributed by atoms with Crippen LogP contribution in [0.2, 0.25) is 0 Å². The lowest BCUT2D eigenvalue weighted by atomic mass is 9.85. The molecular weight excluding hydrogens is 544 g/mol. The highest BCUT2D eigenvalue weighted by atomic mass is 15.1. The van der Waals surface area contributed by atoms with Crippen molar-refractivity contribution in [3.05, 3.63) is 171 Å². The van der Waals surface area contributed by atoms with Crippen molar-refractivity contribution in [2.45, 2.75) is 0 Å². The summed E-state index contributed by atoms with van der Waals surface area (Å²) < 4.78 is 2.05. The number of hydrogen-bond donors (Lipinski definition) is 0.